The molecule has 0 aliphatic carbocycles. The molecule has 0 saturated heterocycles. The van der Waals surface area contributed by atoms with Gasteiger partial charge in [0, 0.05) is 19.3 Å². The van der Waals surface area contributed by atoms with Crippen LogP contribution >= 0.6 is 0 Å². The Balaban J connectivity index is 4.45. The first-order chi connectivity index (χ1) is 30.5. The summed E-state index contributed by atoms with van der Waals surface area (Å²) in [5, 5.41) is 0. The van der Waals surface area contributed by atoms with Gasteiger partial charge in [-0.15, -0.1) is 0 Å². The third kappa shape index (κ3) is 47.6. The van der Waals surface area contributed by atoms with Gasteiger partial charge in [-0.1, -0.05) is 241 Å². The highest BCUT2D eigenvalue weighted by Gasteiger charge is 2.19. The van der Waals surface area contributed by atoms with E-state index in [1.165, 1.54) is 116 Å². The Bertz CT molecular complexity index is 1220. The minimum Gasteiger partial charge on any atom is -0.462 e. The molecule has 1 unspecified atom stereocenters. The second-order valence-corrected chi connectivity index (χ2v) is 16.8. The zero-order chi connectivity index (χ0) is 45.1. The van der Waals surface area contributed by atoms with Crippen LogP contribution in [0.15, 0.2) is 85.1 Å². The van der Waals surface area contributed by atoms with E-state index in [1.807, 2.05) is 54.7 Å². The molecule has 0 aliphatic heterocycles. The molecule has 0 aliphatic rings. The highest BCUT2D eigenvalue weighted by atomic mass is 16.6. The van der Waals surface area contributed by atoms with Crippen LogP contribution in [-0.2, 0) is 28.6 Å². The van der Waals surface area contributed by atoms with Gasteiger partial charge in [0.2, 0.25) is 0 Å². The molecule has 6 heteroatoms. The normalized spacial score (nSPS) is 12.8. The van der Waals surface area contributed by atoms with Crippen molar-refractivity contribution >= 4 is 17.9 Å². The minimum atomic E-state index is -0.807. The number of allylic oxidation sites excluding steroid dienone is 14. The number of hydrogen-bond acceptors (Lipinski definition) is 6. The molecule has 1 atom stereocenters. The quantitative estimate of drug-likeness (QED) is 0.0199. The van der Waals surface area contributed by atoms with E-state index in [-0.39, 0.29) is 37.5 Å². The Morgan fingerprint density at radius 2 is 0.726 bits per heavy atom. The second-order valence-electron chi connectivity index (χ2n) is 16.8. The fourth-order valence-electron chi connectivity index (χ4n) is 6.98. The molecule has 0 fully saturated rings. The smallest absolute Gasteiger partial charge is 0.306 e. The molecule has 0 aromatic carbocycles. The number of carbonyl (C=O) groups is 3. The molecular weight excluding hydrogens is 769 g/mol. The van der Waals surface area contributed by atoms with Crippen LogP contribution in [0.3, 0.4) is 0 Å². The summed E-state index contributed by atoms with van der Waals surface area (Å²) in [5.74, 6) is -0.986. The Labute approximate surface area is 382 Å². The molecule has 62 heavy (non-hydrogen) atoms. The van der Waals surface area contributed by atoms with Gasteiger partial charge in [-0.3, -0.25) is 14.4 Å². The van der Waals surface area contributed by atoms with Crippen molar-refractivity contribution in [1.29, 1.82) is 0 Å². The van der Waals surface area contributed by atoms with Crippen LogP contribution in [0, 0.1) is 0 Å². The largest absolute Gasteiger partial charge is 0.462 e. The van der Waals surface area contributed by atoms with Crippen LogP contribution in [-0.4, -0.2) is 37.2 Å². The summed E-state index contributed by atoms with van der Waals surface area (Å²) < 4.78 is 16.7. The van der Waals surface area contributed by atoms with Crippen LogP contribution in [0.25, 0.3) is 0 Å². The maximum absolute atomic E-state index is 12.8. The average molecular weight is 863 g/mol. The summed E-state index contributed by atoms with van der Waals surface area (Å²) in [7, 11) is 0. The highest BCUT2D eigenvalue weighted by molar-refractivity contribution is 5.71. The topological polar surface area (TPSA) is 78.9 Å². The van der Waals surface area contributed by atoms with Crippen molar-refractivity contribution in [3.63, 3.8) is 0 Å². The molecule has 0 spiro atoms. The van der Waals surface area contributed by atoms with E-state index in [1.54, 1.807) is 0 Å². The zero-order valence-corrected chi connectivity index (χ0v) is 40.4. The van der Waals surface area contributed by atoms with Crippen molar-refractivity contribution in [3.8, 4) is 0 Å². The van der Waals surface area contributed by atoms with E-state index in [0.717, 1.165) is 70.6 Å². The number of carbonyl (C=O) groups excluding carboxylic acids is 3. The minimum absolute atomic E-state index is 0.101. The van der Waals surface area contributed by atoms with E-state index in [2.05, 4.69) is 51.2 Å². The molecular formula is C56H94O6. The van der Waals surface area contributed by atoms with Crippen molar-refractivity contribution in [2.75, 3.05) is 13.2 Å². The fraction of sp³-hybridized carbons (Fsp3) is 0.696. The van der Waals surface area contributed by atoms with Crippen molar-refractivity contribution < 1.29 is 28.6 Å². The molecule has 0 aromatic heterocycles. The summed E-state index contributed by atoms with van der Waals surface area (Å²) >= 11 is 0. The van der Waals surface area contributed by atoms with E-state index >= 15 is 0 Å². The lowest BCUT2D eigenvalue weighted by Crippen LogP contribution is -2.30. The molecule has 0 bridgehead atoms. The second kappa shape index (κ2) is 50.2. The van der Waals surface area contributed by atoms with Crippen LogP contribution in [0.5, 0.6) is 0 Å². The van der Waals surface area contributed by atoms with Gasteiger partial charge in [0.05, 0.1) is 0 Å². The highest BCUT2D eigenvalue weighted by Crippen LogP contribution is 2.15. The van der Waals surface area contributed by atoms with Crippen LogP contribution < -0.4 is 0 Å². The summed E-state index contributed by atoms with van der Waals surface area (Å²) in [6, 6.07) is 0. The fourth-order valence-corrected chi connectivity index (χ4v) is 6.98. The van der Waals surface area contributed by atoms with E-state index in [0.29, 0.717) is 19.3 Å². The first-order valence-electron chi connectivity index (χ1n) is 25.7. The van der Waals surface area contributed by atoms with Gasteiger partial charge in [-0.2, -0.15) is 0 Å². The number of esters is 3. The summed E-state index contributed by atoms with van der Waals surface area (Å²) in [6.45, 7) is 6.32. The standard InChI is InChI=1S/C56H94O6/c1-4-7-10-13-16-19-22-25-27-28-29-32-34-37-40-43-46-49-55(58)61-52-53(51-60-54(57)48-45-42-39-36-33-30-24-21-18-15-12-9-6-3)62-56(59)50-47-44-41-38-35-31-26-23-20-17-14-11-8-5-2/h8-9,11-12,15,17-18,20-21,24,30,33,36,39,53H,4-7,10,13-14,16,19,22-23,25-29,31-32,34-35,37-38,40-52H2,1-3H3/b11-8+,12-9+,18-15+,20-17+,24-21+,33-30+,39-36+. The van der Waals surface area contributed by atoms with E-state index < -0.39 is 6.10 Å². The monoisotopic (exact) mass is 863 g/mol. The van der Waals surface area contributed by atoms with Crippen molar-refractivity contribution in [3.05, 3.63) is 85.1 Å². The SMILES string of the molecule is CC/C=C/C=C/C=C/C=C/C=C/CCCC(=O)OCC(COC(=O)CCCCCCCCCCCCCCCCCCC)OC(=O)CCCCCCCCC/C=C/C/C=C/CC. The average Bonchev–Trinajstić information content (AvgIpc) is 3.27. The van der Waals surface area contributed by atoms with Crippen molar-refractivity contribution in [1.82, 2.24) is 0 Å². The Kier molecular flexibility index (Phi) is 47.5. The lowest BCUT2D eigenvalue weighted by atomic mass is 10.0. The maximum Gasteiger partial charge on any atom is 0.306 e. The van der Waals surface area contributed by atoms with E-state index in [9.17, 15) is 14.4 Å². The molecule has 0 heterocycles. The molecule has 0 saturated carbocycles. The summed E-state index contributed by atoms with van der Waals surface area (Å²) in [4.78, 5) is 37.9. The molecule has 0 rings (SSSR count). The molecule has 0 radical (unpaired) electrons. The molecule has 6 nitrogen and oxygen atoms in total. The molecule has 0 amide bonds. The lowest BCUT2D eigenvalue weighted by Gasteiger charge is -2.18. The summed E-state index contributed by atoms with van der Waals surface area (Å²) in [6.07, 6.45) is 64.4. The molecule has 354 valence electrons. The van der Waals surface area contributed by atoms with Gasteiger partial charge >= 0.3 is 17.9 Å². The van der Waals surface area contributed by atoms with Gasteiger partial charge in [-0.25, -0.2) is 0 Å². The first kappa shape index (κ1) is 58.6. The van der Waals surface area contributed by atoms with Gasteiger partial charge in [0.15, 0.2) is 6.10 Å². The third-order valence-corrected chi connectivity index (χ3v) is 10.8. The number of rotatable bonds is 45. The number of unbranched alkanes of at least 4 members (excludes halogenated alkanes) is 24. The van der Waals surface area contributed by atoms with Crippen molar-refractivity contribution in [2.24, 2.45) is 0 Å². The van der Waals surface area contributed by atoms with Crippen molar-refractivity contribution in [2.45, 2.75) is 239 Å². The van der Waals surface area contributed by atoms with E-state index in [4.69, 9.17) is 14.2 Å². The predicted molar refractivity (Wildman–Crippen MR) is 265 cm³/mol. The van der Waals surface area contributed by atoms with Crippen LogP contribution in [0.2, 0.25) is 0 Å². The van der Waals surface area contributed by atoms with Crippen LogP contribution in [0.4, 0.5) is 0 Å². The van der Waals surface area contributed by atoms with Gasteiger partial charge in [-0.05, 0) is 57.8 Å². The Morgan fingerprint density at radius 1 is 0.355 bits per heavy atom. The summed E-state index contributed by atoms with van der Waals surface area (Å²) in [5.41, 5.74) is 0. The maximum atomic E-state index is 12.8. The third-order valence-electron chi connectivity index (χ3n) is 10.8. The number of hydrogen-bond donors (Lipinski definition) is 0. The van der Waals surface area contributed by atoms with Gasteiger partial charge in [0.25, 0.3) is 0 Å². The van der Waals surface area contributed by atoms with Crippen LogP contribution in [0.1, 0.15) is 233 Å². The van der Waals surface area contributed by atoms with Gasteiger partial charge < -0.3 is 14.2 Å². The van der Waals surface area contributed by atoms with Gasteiger partial charge in [0.1, 0.15) is 13.2 Å². The number of ether oxygens (including phenoxy) is 3. The molecule has 0 aromatic rings. The predicted octanol–water partition coefficient (Wildman–Crippen LogP) is 16.8. The lowest BCUT2D eigenvalue weighted by molar-refractivity contribution is -0.167. The molecule has 0 N–H and O–H groups in total. The Morgan fingerprint density at radius 3 is 1.21 bits per heavy atom. The first-order valence-corrected chi connectivity index (χ1v) is 25.7. The zero-order valence-electron chi connectivity index (χ0n) is 40.4. The Hall–Kier alpha value is -3.41.